The van der Waals surface area contributed by atoms with E-state index < -0.39 is 12.1 Å². The van der Waals surface area contributed by atoms with Crippen molar-refractivity contribution < 1.29 is 38.4 Å². The zero-order chi connectivity index (χ0) is 20.4. The lowest BCUT2D eigenvalue weighted by molar-refractivity contribution is -0.137. The Morgan fingerprint density at radius 1 is 1.17 bits per heavy atom. The molecule has 2 N–H and O–H groups in total. The quantitative estimate of drug-likeness (QED) is 0.759. The molecular formula is C20H19NO8. The Labute approximate surface area is 166 Å². The maximum atomic E-state index is 11.5. The summed E-state index contributed by atoms with van der Waals surface area (Å²) in [6, 6.07) is 8.71. The van der Waals surface area contributed by atoms with Crippen molar-refractivity contribution in [3.8, 4) is 23.0 Å². The molecular weight excluding hydrogens is 382 g/mol. The van der Waals surface area contributed by atoms with E-state index in [1.165, 1.54) is 7.11 Å². The van der Waals surface area contributed by atoms with Gasteiger partial charge in [0.1, 0.15) is 18.1 Å². The van der Waals surface area contributed by atoms with Gasteiger partial charge >= 0.3 is 12.1 Å². The monoisotopic (exact) mass is 401 g/mol. The summed E-state index contributed by atoms with van der Waals surface area (Å²) in [5, 5.41) is 11.6. The standard InChI is InChI=1S/C20H19NO8/c1-25-20(24)21-13-4-12(19-17(6-13)28-10-29-19)9-26-14-2-3-15-11(5-18(22)23)8-27-16(15)7-14/h2-4,6-7,11H,5,8-10H2,1H3,(H,21,24)(H,22,23)/t11-/m1/s1. The number of carboxylic acid groups (broad SMARTS) is 1. The molecule has 0 bridgehead atoms. The minimum atomic E-state index is -0.858. The first kappa shape index (κ1) is 18.7. The number of rotatable bonds is 6. The van der Waals surface area contributed by atoms with E-state index in [2.05, 4.69) is 10.1 Å². The fourth-order valence-corrected chi connectivity index (χ4v) is 3.32. The molecule has 29 heavy (non-hydrogen) atoms. The van der Waals surface area contributed by atoms with Gasteiger partial charge in [0.25, 0.3) is 0 Å². The van der Waals surface area contributed by atoms with Crippen molar-refractivity contribution in [1.29, 1.82) is 0 Å². The van der Waals surface area contributed by atoms with Gasteiger partial charge in [0.15, 0.2) is 11.5 Å². The van der Waals surface area contributed by atoms with Crippen molar-refractivity contribution in [2.45, 2.75) is 18.9 Å². The van der Waals surface area contributed by atoms with Crippen LogP contribution in [-0.4, -0.2) is 37.7 Å². The number of amides is 1. The van der Waals surface area contributed by atoms with Crippen molar-refractivity contribution in [2.24, 2.45) is 0 Å². The average molecular weight is 401 g/mol. The van der Waals surface area contributed by atoms with Crippen molar-refractivity contribution in [3.05, 3.63) is 41.5 Å². The minimum Gasteiger partial charge on any atom is -0.492 e. The summed E-state index contributed by atoms with van der Waals surface area (Å²) in [7, 11) is 1.28. The third kappa shape index (κ3) is 3.98. The van der Waals surface area contributed by atoms with Gasteiger partial charge in [-0.25, -0.2) is 4.79 Å². The molecule has 0 unspecified atom stereocenters. The number of hydrogen-bond donors (Lipinski definition) is 2. The van der Waals surface area contributed by atoms with Crippen LogP contribution in [0.2, 0.25) is 0 Å². The number of nitrogens with one attached hydrogen (secondary N) is 1. The highest BCUT2D eigenvalue weighted by Crippen LogP contribution is 2.41. The molecule has 152 valence electrons. The number of ether oxygens (including phenoxy) is 5. The molecule has 0 saturated heterocycles. The third-order valence-electron chi connectivity index (χ3n) is 4.66. The largest absolute Gasteiger partial charge is 0.492 e. The smallest absolute Gasteiger partial charge is 0.411 e. The fraction of sp³-hybridized carbons (Fsp3) is 0.300. The topological polar surface area (TPSA) is 113 Å². The van der Waals surface area contributed by atoms with Gasteiger partial charge in [0.05, 0.1) is 20.1 Å². The molecule has 0 aliphatic carbocycles. The highest BCUT2D eigenvalue weighted by molar-refractivity contribution is 5.85. The fourth-order valence-electron chi connectivity index (χ4n) is 3.32. The van der Waals surface area contributed by atoms with E-state index in [4.69, 9.17) is 24.1 Å². The van der Waals surface area contributed by atoms with Crippen molar-refractivity contribution in [3.63, 3.8) is 0 Å². The van der Waals surface area contributed by atoms with Crippen LogP contribution in [0.5, 0.6) is 23.0 Å². The molecule has 2 aliphatic heterocycles. The predicted molar refractivity (Wildman–Crippen MR) is 99.9 cm³/mol. The molecule has 4 rings (SSSR count). The Morgan fingerprint density at radius 3 is 2.83 bits per heavy atom. The van der Waals surface area contributed by atoms with Crippen LogP contribution >= 0.6 is 0 Å². The number of aliphatic carboxylic acids is 1. The van der Waals surface area contributed by atoms with Crippen LogP contribution in [0.15, 0.2) is 30.3 Å². The van der Waals surface area contributed by atoms with Gasteiger partial charge in [0.2, 0.25) is 6.79 Å². The molecule has 1 amide bonds. The second-order valence-corrected chi connectivity index (χ2v) is 6.58. The lowest BCUT2D eigenvalue weighted by Crippen LogP contribution is -2.11. The van der Waals surface area contributed by atoms with Gasteiger partial charge < -0.3 is 28.8 Å². The van der Waals surface area contributed by atoms with E-state index >= 15 is 0 Å². The molecule has 1 atom stereocenters. The first-order valence-electron chi connectivity index (χ1n) is 8.92. The number of anilines is 1. The van der Waals surface area contributed by atoms with Crippen LogP contribution < -0.4 is 24.3 Å². The summed E-state index contributed by atoms with van der Waals surface area (Å²) < 4.78 is 27.0. The normalized spacial score (nSPS) is 16.0. The molecule has 9 nitrogen and oxygen atoms in total. The van der Waals surface area contributed by atoms with Crippen LogP contribution in [0, 0.1) is 0 Å². The molecule has 2 aromatic carbocycles. The van der Waals surface area contributed by atoms with Gasteiger partial charge in [0, 0.05) is 34.9 Å². The molecule has 0 saturated carbocycles. The second kappa shape index (κ2) is 7.78. The Morgan fingerprint density at radius 2 is 2.03 bits per heavy atom. The van der Waals surface area contributed by atoms with Gasteiger partial charge in [-0.3, -0.25) is 10.1 Å². The predicted octanol–water partition coefficient (Wildman–Crippen LogP) is 3.12. The SMILES string of the molecule is COC(=O)Nc1cc(COc2ccc3c(c2)OC[C@H]3CC(=O)O)c2c(c1)OCO2. The van der Waals surface area contributed by atoms with Crippen molar-refractivity contribution in [1.82, 2.24) is 0 Å². The van der Waals surface area contributed by atoms with E-state index in [0.717, 1.165) is 5.56 Å². The zero-order valence-electron chi connectivity index (χ0n) is 15.6. The Hall–Kier alpha value is -3.62. The molecule has 9 heteroatoms. The number of carboxylic acids is 1. The summed E-state index contributed by atoms with van der Waals surface area (Å²) in [5.41, 5.74) is 2.05. The van der Waals surface area contributed by atoms with Crippen LogP contribution in [0.25, 0.3) is 0 Å². The number of benzene rings is 2. The Balaban J connectivity index is 1.49. The number of carbonyl (C=O) groups excluding carboxylic acids is 1. The average Bonchev–Trinajstić information content (AvgIpc) is 3.32. The van der Waals surface area contributed by atoms with Crippen LogP contribution in [0.1, 0.15) is 23.5 Å². The van der Waals surface area contributed by atoms with Crippen LogP contribution in [-0.2, 0) is 16.1 Å². The Bertz CT molecular complexity index is 958. The molecule has 0 fully saturated rings. The lowest BCUT2D eigenvalue weighted by atomic mass is 9.98. The van der Waals surface area contributed by atoms with Gasteiger partial charge in [-0.2, -0.15) is 0 Å². The van der Waals surface area contributed by atoms with Gasteiger partial charge in [-0.1, -0.05) is 6.07 Å². The van der Waals surface area contributed by atoms with E-state index in [-0.39, 0.29) is 25.7 Å². The van der Waals surface area contributed by atoms with Gasteiger partial charge in [-0.15, -0.1) is 0 Å². The number of fused-ring (bicyclic) bond motifs is 2. The summed E-state index contributed by atoms with van der Waals surface area (Å²) in [5.74, 6) is 1.23. The highest BCUT2D eigenvalue weighted by atomic mass is 16.7. The first-order chi connectivity index (χ1) is 14.0. The number of hydrogen-bond acceptors (Lipinski definition) is 7. The second-order valence-electron chi connectivity index (χ2n) is 6.58. The van der Waals surface area contributed by atoms with Crippen LogP contribution in [0.3, 0.4) is 0 Å². The first-order valence-corrected chi connectivity index (χ1v) is 8.92. The van der Waals surface area contributed by atoms with E-state index in [9.17, 15) is 9.59 Å². The van der Waals surface area contributed by atoms with Crippen molar-refractivity contribution in [2.75, 3.05) is 25.8 Å². The minimum absolute atomic E-state index is 0.0245. The molecule has 0 radical (unpaired) electrons. The summed E-state index contributed by atoms with van der Waals surface area (Å²) >= 11 is 0. The maximum Gasteiger partial charge on any atom is 0.411 e. The van der Waals surface area contributed by atoms with E-state index in [0.29, 0.717) is 40.9 Å². The molecule has 0 spiro atoms. The number of methoxy groups -OCH3 is 1. The lowest BCUT2D eigenvalue weighted by Gasteiger charge is -2.12. The highest BCUT2D eigenvalue weighted by Gasteiger charge is 2.27. The van der Waals surface area contributed by atoms with Crippen LogP contribution in [0.4, 0.5) is 10.5 Å². The summed E-state index contributed by atoms with van der Waals surface area (Å²) in [6.45, 7) is 0.590. The molecule has 2 aliphatic rings. The van der Waals surface area contributed by atoms with Crippen molar-refractivity contribution >= 4 is 17.7 Å². The molecule has 0 aromatic heterocycles. The Kier molecular flexibility index (Phi) is 5.03. The van der Waals surface area contributed by atoms with E-state index in [1.54, 1.807) is 24.3 Å². The number of carbonyl (C=O) groups is 2. The third-order valence-corrected chi connectivity index (χ3v) is 4.66. The zero-order valence-corrected chi connectivity index (χ0v) is 15.6. The van der Waals surface area contributed by atoms with E-state index in [1.807, 2.05) is 6.07 Å². The summed E-state index contributed by atoms with van der Waals surface area (Å²) in [6.07, 6.45) is -0.571. The summed E-state index contributed by atoms with van der Waals surface area (Å²) in [4.78, 5) is 22.4. The molecule has 2 heterocycles. The molecule has 2 aromatic rings. The van der Waals surface area contributed by atoms with Gasteiger partial charge in [-0.05, 0) is 12.1 Å². The maximum absolute atomic E-state index is 11.5.